The van der Waals surface area contributed by atoms with Gasteiger partial charge in [-0.2, -0.15) is 5.26 Å². The van der Waals surface area contributed by atoms with Gasteiger partial charge in [-0.15, -0.1) is 0 Å². The SMILES string of the molecule is CCOc1ccc(-c2cc(C(=O)C#N)c3ccccc3n2)cn1. The van der Waals surface area contributed by atoms with Gasteiger partial charge >= 0.3 is 0 Å². The molecule has 0 fully saturated rings. The summed E-state index contributed by atoms with van der Waals surface area (Å²) in [6.07, 6.45) is 1.64. The Labute approximate surface area is 133 Å². The fraction of sp³-hybridized carbons (Fsp3) is 0.111. The first-order valence-electron chi connectivity index (χ1n) is 7.16. The van der Waals surface area contributed by atoms with Crippen LogP contribution in [0.3, 0.4) is 0 Å². The van der Waals surface area contributed by atoms with E-state index in [4.69, 9.17) is 10.00 Å². The molecule has 0 saturated carbocycles. The van der Waals surface area contributed by atoms with Crippen LogP contribution in [-0.4, -0.2) is 22.4 Å². The van der Waals surface area contributed by atoms with Crippen LogP contribution in [0.5, 0.6) is 5.88 Å². The van der Waals surface area contributed by atoms with Gasteiger partial charge in [0, 0.05) is 28.8 Å². The summed E-state index contributed by atoms with van der Waals surface area (Å²) in [6.45, 7) is 2.43. The number of fused-ring (bicyclic) bond motifs is 1. The van der Waals surface area contributed by atoms with Gasteiger partial charge < -0.3 is 4.74 Å². The van der Waals surface area contributed by atoms with Crippen LogP contribution >= 0.6 is 0 Å². The highest BCUT2D eigenvalue weighted by atomic mass is 16.5. The molecule has 0 aliphatic rings. The van der Waals surface area contributed by atoms with Crippen molar-refractivity contribution in [2.24, 2.45) is 0 Å². The Bertz CT molecular complexity index is 912. The number of benzene rings is 1. The molecule has 0 amide bonds. The van der Waals surface area contributed by atoms with Crippen LogP contribution in [0, 0.1) is 11.3 Å². The van der Waals surface area contributed by atoms with E-state index in [9.17, 15) is 4.79 Å². The number of rotatable bonds is 4. The molecule has 0 atom stereocenters. The van der Waals surface area contributed by atoms with Gasteiger partial charge in [-0.05, 0) is 25.1 Å². The van der Waals surface area contributed by atoms with Crippen LogP contribution < -0.4 is 4.74 Å². The molecule has 0 bridgehead atoms. The fourth-order valence-corrected chi connectivity index (χ4v) is 2.34. The second-order valence-electron chi connectivity index (χ2n) is 4.83. The zero-order valence-corrected chi connectivity index (χ0v) is 12.5. The van der Waals surface area contributed by atoms with Crippen molar-refractivity contribution in [1.82, 2.24) is 9.97 Å². The molecule has 0 spiro atoms. The first-order valence-corrected chi connectivity index (χ1v) is 7.16. The van der Waals surface area contributed by atoms with Crippen molar-refractivity contribution < 1.29 is 9.53 Å². The number of hydrogen-bond acceptors (Lipinski definition) is 5. The van der Waals surface area contributed by atoms with Gasteiger partial charge in [0.05, 0.1) is 17.8 Å². The summed E-state index contributed by atoms with van der Waals surface area (Å²) in [5.41, 5.74) is 2.36. The maximum atomic E-state index is 11.9. The summed E-state index contributed by atoms with van der Waals surface area (Å²) < 4.78 is 5.32. The summed E-state index contributed by atoms with van der Waals surface area (Å²) in [4.78, 5) is 20.7. The van der Waals surface area contributed by atoms with Crippen molar-refractivity contribution in [2.75, 3.05) is 6.61 Å². The second-order valence-corrected chi connectivity index (χ2v) is 4.83. The van der Waals surface area contributed by atoms with E-state index >= 15 is 0 Å². The van der Waals surface area contributed by atoms with Crippen LogP contribution in [-0.2, 0) is 0 Å². The lowest BCUT2D eigenvalue weighted by Gasteiger charge is -2.07. The van der Waals surface area contributed by atoms with Gasteiger partial charge in [-0.3, -0.25) is 4.79 Å². The number of nitriles is 1. The number of ketones is 1. The molecular formula is C18H13N3O2. The standard InChI is InChI=1S/C18H13N3O2/c1-2-23-18-8-7-12(11-20-18)16-9-14(17(22)10-19)13-5-3-4-6-15(13)21-16/h3-9,11H,2H2,1H3. The molecule has 0 aliphatic heterocycles. The number of Topliss-reactive ketones (excluding diaryl/α,β-unsaturated/α-hetero) is 1. The summed E-state index contributed by atoms with van der Waals surface area (Å²) in [7, 11) is 0. The highest BCUT2D eigenvalue weighted by Gasteiger charge is 2.13. The number of carbonyl (C=O) groups is 1. The third-order valence-electron chi connectivity index (χ3n) is 3.39. The van der Waals surface area contributed by atoms with E-state index in [2.05, 4.69) is 9.97 Å². The van der Waals surface area contributed by atoms with Crippen molar-refractivity contribution in [2.45, 2.75) is 6.92 Å². The highest BCUT2D eigenvalue weighted by Crippen LogP contribution is 2.25. The summed E-state index contributed by atoms with van der Waals surface area (Å²) >= 11 is 0. The number of hydrogen-bond donors (Lipinski definition) is 0. The molecule has 3 rings (SSSR count). The lowest BCUT2D eigenvalue weighted by Crippen LogP contribution is -1.99. The van der Waals surface area contributed by atoms with Crippen LogP contribution in [0.1, 0.15) is 17.3 Å². The van der Waals surface area contributed by atoms with Crippen molar-refractivity contribution in [3.63, 3.8) is 0 Å². The zero-order valence-electron chi connectivity index (χ0n) is 12.5. The van der Waals surface area contributed by atoms with Crippen LogP contribution in [0.15, 0.2) is 48.7 Å². The lowest BCUT2D eigenvalue weighted by atomic mass is 10.0. The maximum absolute atomic E-state index is 11.9. The van der Waals surface area contributed by atoms with Crippen molar-refractivity contribution in [3.05, 3.63) is 54.2 Å². The van der Waals surface area contributed by atoms with Crippen molar-refractivity contribution in [3.8, 4) is 23.2 Å². The minimum absolute atomic E-state index is 0.349. The third kappa shape index (κ3) is 2.87. The molecule has 0 unspecified atom stereocenters. The summed E-state index contributed by atoms with van der Waals surface area (Å²) in [5.74, 6) is -0.0471. The monoisotopic (exact) mass is 303 g/mol. The van der Waals surface area contributed by atoms with Gasteiger partial charge in [0.25, 0.3) is 5.78 Å². The molecule has 1 aromatic carbocycles. The van der Waals surface area contributed by atoms with E-state index in [-0.39, 0.29) is 0 Å². The second kappa shape index (κ2) is 6.24. The molecule has 0 radical (unpaired) electrons. The number of carbonyl (C=O) groups excluding carboxylic acids is 1. The van der Waals surface area contributed by atoms with E-state index < -0.39 is 5.78 Å². The number of aromatic nitrogens is 2. The molecule has 112 valence electrons. The van der Waals surface area contributed by atoms with E-state index in [1.165, 1.54) is 0 Å². The van der Waals surface area contributed by atoms with Gasteiger partial charge in [0.2, 0.25) is 5.88 Å². The Hall–Kier alpha value is -3.26. The van der Waals surface area contributed by atoms with Gasteiger partial charge in [0.1, 0.15) is 6.07 Å². The first-order chi connectivity index (χ1) is 11.2. The molecule has 0 saturated heterocycles. The Morgan fingerprint density at radius 1 is 1.26 bits per heavy atom. The number of para-hydroxylation sites is 1. The first kappa shape index (κ1) is 14.7. The molecule has 5 heteroatoms. The predicted molar refractivity (Wildman–Crippen MR) is 86.1 cm³/mol. The summed E-state index contributed by atoms with van der Waals surface area (Å²) in [5, 5.41) is 9.62. The summed E-state index contributed by atoms with van der Waals surface area (Å²) in [6, 6.07) is 14.1. The maximum Gasteiger partial charge on any atom is 0.262 e. The van der Waals surface area contributed by atoms with Crippen molar-refractivity contribution in [1.29, 1.82) is 5.26 Å². The minimum Gasteiger partial charge on any atom is -0.478 e. The molecular weight excluding hydrogens is 290 g/mol. The van der Waals surface area contributed by atoms with Crippen molar-refractivity contribution >= 4 is 16.7 Å². The number of ether oxygens (including phenoxy) is 1. The fourth-order valence-electron chi connectivity index (χ4n) is 2.34. The van der Waals surface area contributed by atoms with Crippen LogP contribution in [0.2, 0.25) is 0 Å². The smallest absolute Gasteiger partial charge is 0.262 e. The molecule has 0 aliphatic carbocycles. The number of pyridine rings is 2. The topological polar surface area (TPSA) is 75.9 Å². The van der Waals surface area contributed by atoms with Gasteiger partial charge in [0.15, 0.2) is 0 Å². The Kier molecular flexibility index (Phi) is 3.98. The Morgan fingerprint density at radius 2 is 2.09 bits per heavy atom. The Morgan fingerprint density at radius 3 is 2.78 bits per heavy atom. The molecule has 23 heavy (non-hydrogen) atoms. The van der Waals surface area contributed by atoms with E-state index in [1.54, 1.807) is 30.5 Å². The van der Waals surface area contributed by atoms with E-state index in [1.807, 2.05) is 31.2 Å². The van der Waals surface area contributed by atoms with Crippen LogP contribution in [0.4, 0.5) is 0 Å². The molecule has 3 aromatic rings. The number of nitrogens with zero attached hydrogens (tertiary/aromatic N) is 3. The molecule has 2 aromatic heterocycles. The minimum atomic E-state index is -0.580. The molecule has 5 nitrogen and oxygen atoms in total. The highest BCUT2D eigenvalue weighted by molar-refractivity contribution is 6.15. The van der Waals surface area contributed by atoms with E-state index in [0.29, 0.717) is 34.6 Å². The van der Waals surface area contributed by atoms with Crippen LogP contribution in [0.25, 0.3) is 22.2 Å². The average Bonchev–Trinajstić information content (AvgIpc) is 2.61. The average molecular weight is 303 g/mol. The lowest BCUT2D eigenvalue weighted by molar-refractivity contribution is 0.105. The molecule has 0 N–H and O–H groups in total. The quantitative estimate of drug-likeness (QED) is 0.545. The van der Waals surface area contributed by atoms with Gasteiger partial charge in [-0.1, -0.05) is 18.2 Å². The molecule has 2 heterocycles. The predicted octanol–water partition coefficient (Wildman–Crippen LogP) is 3.40. The van der Waals surface area contributed by atoms with E-state index in [0.717, 1.165) is 5.56 Å². The zero-order chi connectivity index (χ0) is 16.2. The Balaban J connectivity index is 2.14. The third-order valence-corrected chi connectivity index (χ3v) is 3.39. The normalized spacial score (nSPS) is 10.3. The van der Waals surface area contributed by atoms with Gasteiger partial charge in [-0.25, -0.2) is 9.97 Å². The largest absolute Gasteiger partial charge is 0.478 e.